The van der Waals surface area contributed by atoms with Crippen LogP contribution in [-0.2, 0) is 90.6 Å². The molecule has 9 amide bonds. The van der Waals surface area contributed by atoms with E-state index >= 15 is 0 Å². The molecule has 102 heavy (non-hydrogen) atoms. The van der Waals surface area contributed by atoms with Gasteiger partial charge < -0.3 is 157 Å². The summed E-state index contributed by atoms with van der Waals surface area (Å²) in [4.78, 5) is 150. The predicted octanol–water partition coefficient (Wildman–Crippen LogP) is -13.0. The van der Waals surface area contributed by atoms with Gasteiger partial charge in [0.2, 0.25) is 53.2 Å². The Kier molecular flexibility index (Phi) is 31.0. The number of aliphatic carboxylic acids is 1. The lowest BCUT2D eigenvalue weighted by molar-refractivity contribution is -0.382. The average molecular weight is 1470 g/mol. The van der Waals surface area contributed by atoms with Crippen molar-refractivity contribution in [2.45, 2.75) is 245 Å². The quantitative estimate of drug-likeness (QED) is 0.0290. The Morgan fingerprint density at radius 2 is 1.21 bits per heavy atom. The third-order valence-corrected chi connectivity index (χ3v) is 18.4. The van der Waals surface area contributed by atoms with Gasteiger partial charge >= 0.3 is 5.97 Å². The minimum Gasteiger partial charge on any atom is -0.477 e. The van der Waals surface area contributed by atoms with Crippen molar-refractivity contribution >= 4 is 64.9 Å². The molecule has 0 aliphatic carbocycles. The molecule has 0 saturated carbocycles. The number of nitrogens with zero attached hydrogens (tertiary/aromatic N) is 2. The van der Waals surface area contributed by atoms with Crippen molar-refractivity contribution in [1.82, 2.24) is 47.0 Å². The number of carbonyl (C=O) groups excluding carboxylic acids is 10. The van der Waals surface area contributed by atoms with Crippen LogP contribution >= 0.6 is 0 Å². The van der Waals surface area contributed by atoms with Crippen molar-refractivity contribution in [2.75, 3.05) is 59.7 Å². The Morgan fingerprint density at radius 1 is 0.637 bits per heavy atom. The summed E-state index contributed by atoms with van der Waals surface area (Å²) in [5.41, 5.74) is 5.35. The topological polar surface area (TPSA) is 641 Å². The molecule has 0 aromatic rings. The van der Waals surface area contributed by atoms with Gasteiger partial charge in [-0.05, 0) is 53.5 Å². The number of amides is 9. The molecule has 0 aromatic carbocycles. The van der Waals surface area contributed by atoms with E-state index in [1.807, 2.05) is 0 Å². The van der Waals surface area contributed by atoms with Crippen molar-refractivity contribution < 1.29 is 157 Å². The standard InChI is InChI=1S/C60H98N10O32/c1-22(50(61)87)63-52(89)30-10-8-12-69(30)55(92)31-11-9-13-70(31)54(91)23(2)64-53(90)37(68-51(88)28(17-71)14-29(78)16-62-7)24(3)96-57-40(67-27(6)77)47(44(84)36(99-57)21-95-56-39(66-26(5)76)45(85)42(82)34(19-73)97-56)100-58-46(86)49(43(83)35(20-74)98-58)102-60(59(93)94)15-32(79)38(65-25(4)75)48(101-60)41(81)33(80)18-72/h22-24,28,30-49,56-58,62,71-74,79-86H,8-21H2,1-7H3,(H2,61,87)(H,63,89)(H,64,90)(H,65,75)(H,66,76)(H,67,77)(H,68,88)(H,93,94)/t22?,23?,24?,28?,30?,31?,32-,33-,34?,35?,36?,37?,38-,39?,40?,41-,42-,43+,44+,45-,46?,47-,48?,49+,56-,57+,58+,60+/m1/s1. The van der Waals surface area contributed by atoms with Crippen LogP contribution in [0.3, 0.4) is 0 Å². The Hall–Kier alpha value is -6.47. The predicted molar refractivity (Wildman–Crippen MR) is 334 cm³/mol. The van der Waals surface area contributed by atoms with Crippen LogP contribution in [0.4, 0.5) is 0 Å². The number of likely N-dealkylation sites (N-methyl/N-ethyl adjacent to an activating group) is 1. The molecule has 6 rings (SSSR count). The number of carbonyl (C=O) groups is 11. The monoisotopic (exact) mass is 1470 g/mol. The van der Waals surface area contributed by atoms with E-state index in [9.17, 15) is 119 Å². The van der Waals surface area contributed by atoms with Crippen molar-refractivity contribution in [3.63, 3.8) is 0 Å². The summed E-state index contributed by atoms with van der Waals surface area (Å²) in [5, 5.41) is 160. The van der Waals surface area contributed by atoms with Crippen molar-refractivity contribution in [1.29, 1.82) is 0 Å². The van der Waals surface area contributed by atoms with Gasteiger partial charge in [0, 0.05) is 46.7 Å². The second-order valence-corrected chi connectivity index (χ2v) is 26.0. The van der Waals surface area contributed by atoms with E-state index < -0.39 is 281 Å². The van der Waals surface area contributed by atoms with Gasteiger partial charge in [-0.25, -0.2) is 4.79 Å². The van der Waals surface area contributed by atoms with E-state index in [0.717, 1.165) is 27.7 Å². The highest BCUT2D eigenvalue weighted by atomic mass is 16.8. The first kappa shape index (κ1) is 84.5. The maximum atomic E-state index is 15.0. The van der Waals surface area contributed by atoms with E-state index in [1.54, 1.807) is 0 Å². The van der Waals surface area contributed by atoms with E-state index in [1.165, 1.54) is 30.7 Å². The van der Waals surface area contributed by atoms with Crippen LogP contribution in [-0.4, -0.2) is 365 Å². The number of Topliss-reactive ketones (excluding diaryl/α,β-unsaturated/α-hetero) is 1. The summed E-state index contributed by atoms with van der Waals surface area (Å²) >= 11 is 0. The molecule has 0 radical (unpaired) electrons. The number of rotatable bonds is 33. The number of ether oxygens (including phenoxy) is 8. The molecule has 6 saturated heterocycles. The van der Waals surface area contributed by atoms with Gasteiger partial charge in [0.05, 0.1) is 63.7 Å². The lowest BCUT2D eigenvalue weighted by atomic mass is 9.88. The van der Waals surface area contributed by atoms with Gasteiger partial charge in [0.1, 0.15) is 127 Å². The first-order valence-corrected chi connectivity index (χ1v) is 33.1. The minimum absolute atomic E-state index is 0.0173. The van der Waals surface area contributed by atoms with Crippen LogP contribution in [0.5, 0.6) is 0 Å². The highest BCUT2D eigenvalue weighted by molar-refractivity contribution is 5.97. The zero-order valence-electron chi connectivity index (χ0n) is 57.0. The summed E-state index contributed by atoms with van der Waals surface area (Å²) in [7, 11) is 1.43. The van der Waals surface area contributed by atoms with Gasteiger partial charge in [0.15, 0.2) is 18.9 Å². The first-order valence-electron chi connectivity index (χ1n) is 33.1. The maximum Gasteiger partial charge on any atom is 0.364 e. The number of aliphatic hydroxyl groups excluding tert-OH is 12. The summed E-state index contributed by atoms with van der Waals surface area (Å²) in [6, 6.07) is -12.3. The number of aliphatic hydroxyl groups is 12. The fourth-order valence-electron chi connectivity index (χ4n) is 13.0. The van der Waals surface area contributed by atoms with Crippen molar-refractivity contribution in [3.8, 4) is 0 Å². The van der Waals surface area contributed by atoms with Crippen LogP contribution in [0.1, 0.15) is 80.1 Å². The summed E-state index contributed by atoms with van der Waals surface area (Å²) in [6.45, 7) is 1.14. The summed E-state index contributed by atoms with van der Waals surface area (Å²) in [5.74, 6) is -15.6. The molecule has 14 unspecified atom stereocenters. The molecule has 6 heterocycles. The average Bonchev–Trinajstić information content (AvgIpc) is 0.961. The number of nitrogens with one attached hydrogen (secondary N) is 7. The Balaban J connectivity index is 1.40. The lowest BCUT2D eigenvalue weighted by Crippen LogP contribution is -2.71. The molecule has 42 nitrogen and oxygen atoms in total. The van der Waals surface area contributed by atoms with E-state index in [0.29, 0.717) is 6.42 Å². The zero-order chi connectivity index (χ0) is 76.1. The molecular weight excluding hydrogens is 1370 g/mol. The number of carboxylic acids is 1. The molecular formula is C60H98N10O32. The van der Waals surface area contributed by atoms with Gasteiger partial charge in [0.25, 0.3) is 5.79 Å². The van der Waals surface area contributed by atoms with E-state index in [4.69, 9.17) is 43.6 Å². The lowest BCUT2D eigenvalue weighted by Gasteiger charge is -2.51. The number of hydrogen-bond acceptors (Lipinski definition) is 32. The van der Waals surface area contributed by atoms with Crippen molar-refractivity contribution in [3.05, 3.63) is 0 Å². The molecule has 28 atom stereocenters. The second kappa shape index (κ2) is 37.5. The fourth-order valence-corrected chi connectivity index (χ4v) is 13.0. The molecule has 6 aliphatic rings. The zero-order valence-corrected chi connectivity index (χ0v) is 57.0. The summed E-state index contributed by atoms with van der Waals surface area (Å²) in [6.07, 6.45) is -38.9. The Bertz CT molecular complexity index is 2930. The third kappa shape index (κ3) is 20.3. The number of likely N-dealkylation sites (tertiary alicyclic amines) is 2. The molecule has 6 aliphatic heterocycles. The van der Waals surface area contributed by atoms with Gasteiger partial charge in [-0.2, -0.15) is 0 Å². The fraction of sp³-hybridized carbons (Fsp3) is 0.817. The second-order valence-electron chi connectivity index (χ2n) is 26.0. The maximum absolute atomic E-state index is 15.0. The molecule has 0 spiro atoms. The van der Waals surface area contributed by atoms with Gasteiger partial charge in [-0.15, -0.1) is 0 Å². The number of ketones is 1. The highest BCUT2D eigenvalue weighted by Gasteiger charge is 2.61. The number of hydrogen-bond donors (Lipinski definition) is 21. The molecule has 0 aromatic heterocycles. The Morgan fingerprint density at radius 3 is 1.78 bits per heavy atom. The number of carboxylic acid groups (broad SMARTS) is 1. The molecule has 0 bridgehead atoms. The Labute approximate surface area is 583 Å². The SMILES string of the molecule is CNCC(=O)CC(CO)C(=O)NC(C(=O)NC(C)C(=O)N1CCCC1C(=O)N1CCCC1C(=O)NC(C)C(N)=O)C(C)O[C@H]1OC(CO[C@@H]2OC(CO)[C@@H](O)[C@H](O)C2NC(C)=O)[C@H](O)[C@H](O[C@@H]2OC(CO)[C@H](O)[C@H](O[C@]3(C(=O)O)C[C@@H](O)[C@@H](NC(C)=O)C([C@H](O)[C@H](O)CO)O3)C2O)C1NC(C)=O. The minimum atomic E-state index is -3.31. The molecule has 6 fully saturated rings. The van der Waals surface area contributed by atoms with Crippen LogP contribution in [0.25, 0.3) is 0 Å². The van der Waals surface area contributed by atoms with Crippen molar-refractivity contribution in [2.24, 2.45) is 11.7 Å². The van der Waals surface area contributed by atoms with E-state index in [-0.39, 0.29) is 38.9 Å². The molecule has 22 N–H and O–H groups in total. The summed E-state index contributed by atoms with van der Waals surface area (Å²) < 4.78 is 48.0. The normalized spacial score (nSPS) is 34.7. The largest absolute Gasteiger partial charge is 0.477 e. The smallest absolute Gasteiger partial charge is 0.364 e. The van der Waals surface area contributed by atoms with Gasteiger partial charge in [-0.1, -0.05) is 0 Å². The van der Waals surface area contributed by atoms with Crippen LogP contribution in [0.2, 0.25) is 0 Å². The molecule has 580 valence electrons. The molecule has 42 heteroatoms. The van der Waals surface area contributed by atoms with Gasteiger partial charge in [-0.3, -0.25) is 47.9 Å². The first-order chi connectivity index (χ1) is 48.0. The van der Waals surface area contributed by atoms with Crippen LogP contribution < -0.4 is 43.0 Å². The van der Waals surface area contributed by atoms with E-state index in [2.05, 4.69) is 37.2 Å². The number of primary amides is 1. The van der Waals surface area contributed by atoms with Crippen LogP contribution in [0.15, 0.2) is 0 Å². The van der Waals surface area contributed by atoms with Crippen LogP contribution in [0, 0.1) is 5.92 Å². The highest BCUT2D eigenvalue weighted by Crippen LogP contribution is 2.39. The third-order valence-electron chi connectivity index (χ3n) is 18.4. The number of nitrogens with two attached hydrogens (primary N) is 1.